The molecule has 2 N–H and O–H groups in total. The molecular formula is C12H14ClN3. The summed E-state index contributed by atoms with van der Waals surface area (Å²) in [6.07, 6.45) is 1.09. The molecule has 1 heterocycles. The summed E-state index contributed by atoms with van der Waals surface area (Å²) in [6.45, 7) is 2.58. The molecule has 0 aromatic heterocycles. The normalized spacial score (nSPS) is 19.8. The zero-order valence-corrected chi connectivity index (χ0v) is 9.74. The Morgan fingerprint density at radius 2 is 2.38 bits per heavy atom. The van der Waals surface area contributed by atoms with E-state index >= 15 is 0 Å². The number of anilines is 1. The van der Waals surface area contributed by atoms with Crippen molar-refractivity contribution >= 4 is 17.3 Å². The van der Waals surface area contributed by atoms with Crippen LogP contribution < -0.4 is 10.6 Å². The monoisotopic (exact) mass is 235 g/mol. The van der Waals surface area contributed by atoms with Crippen molar-refractivity contribution in [2.24, 2.45) is 11.7 Å². The molecule has 1 fully saturated rings. The number of nitriles is 1. The molecule has 0 saturated carbocycles. The quantitative estimate of drug-likeness (QED) is 0.853. The zero-order chi connectivity index (χ0) is 11.5. The fraction of sp³-hybridized carbons (Fsp3) is 0.417. The van der Waals surface area contributed by atoms with Crippen LogP contribution in [0.5, 0.6) is 0 Å². The van der Waals surface area contributed by atoms with Crippen LogP contribution in [0.15, 0.2) is 18.2 Å². The molecule has 0 aliphatic carbocycles. The highest BCUT2D eigenvalue weighted by Gasteiger charge is 2.23. The third-order valence-electron chi connectivity index (χ3n) is 3.06. The number of rotatable bonds is 2. The molecule has 0 bridgehead atoms. The van der Waals surface area contributed by atoms with Crippen LogP contribution in [0.1, 0.15) is 12.0 Å². The summed E-state index contributed by atoms with van der Waals surface area (Å²) in [5.41, 5.74) is 7.16. The average molecular weight is 236 g/mol. The first-order chi connectivity index (χ1) is 7.76. The smallest absolute Gasteiger partial charge is 0.103 e. The van der Waals surface area contributed by atoms with Gasteiger partial charge in [0.05, 0.1) is 16.3 Å². The van der Waals surface area contributed by atoms with E-state index in [9.17, 15) is 0 Å². The number of nitrogens with zero attached hydrogens (tertiary/aromatic N) is 2. The van der Waals surface area contributed by atoms with E-state index in [0.29, 0.717) is 23.0 Å². The molecule has 1 unspecified atom stereocenters. The van der Waals surface area contributed by atoms with Gasteiger partial charge in [0.25, 0.3) is 0 Å². The Balaban J connectivity index is 2.28. The van der Waals surface area contributed by atoms with Crippen molar-refractivity contribution in [3.63, 3.8) is 0 Å². The van der Waals surface area contributed by atoms with E-state index in [0.717, 1.165) is 25.2 Å². The van der Waals surface area contributed by atoms with Crippen LogP contribution in [-0.2, 0) is 0 Å². The SMILES string of the molecule is N#Cc1c(Cl)cccc1N1CCC(CN)C1. The van der Waals surface area contributed by atoms with Gasteiger partial charge < -0.3 is 10.6 Å². The highest BCUT2D eigenvalue weighted by atomic mass is 35.5. The van der Waals surface area contributed by atoms with Crippen molar-refractivity contribution in [3.05, 3.63) is 28.8 Å². The second kappa shape index (κ2) is 4.73. The molecule has 1 atom stereocenters. The van der Waals surface area contributed by atoms with E-state index in [-0.39, 0.29) is 0 Å². The molecule has 3 nitrogen and oxygen atoms in total. The molecule has 16 heavy (non-hydrogen) atoms. The lowest BCUT2D eigenvalue weighted by Gasteiger charge is -2.20. The van der Waals surface area contributed by atoms with Gasteiger partial charge in [0, 0.05) is 13.1 Å². The van der Waals surface area contributed by atoms with Crippen molar-refractivity contribution in [1.82, 2.24) is 0 Å². The van der Waals surface area contributed by atoms with E-state index in [1.54, 1.807) is 6.07 Å². The first-order valence-corrected chi connectivity index (χ1v) is 5.77. The molecule has 0 spiro atoms. The molecule has 1 aliphatic heterocycles. The molecule has 4 heteroatoms. The van der Waals surface area contributed by atoms with Gasteiger partial charge in [-0.2, -0.15) is 5.26 Å². The maximum atomic E-state index is 9.10. The number of nitrogens with two attached hydrogens (primary N) is 1. The van der Waals surface area contributed by atoms with Crippen LogP contribution in [0, 0.1) is 17.2 Å². The molecule has 1 aromatic carbocycles. The van der Waals surface area contributed by atoms with Gasteiger partial charge in [0.15, 0.2) is 0 Å². The summed E-state index contributed by atoms with van der Waals surface area (Å²) < 4.78 is 0. The maximum absolute atomic E-state index is 9.10. The summed E-state index contributed by atoms with van der Waals surface area (Å²) in [7, 11) is 0. The molecule has 84 valence electrons. The maximum Gasteiger partial charge on any atom is 0.103 e. The number of halogens is 1. The standard InChI is InChI=1S/C12H14ClN3/c13-11-2-1-3-12(10(11)7-15)16-5-4-9(6-14)8-16/h1-3,9H,4-6,8,14H2. The number of hydrogen-bond donors (Lipinski definition) is 1. The predicted octanol–water partition coefficient (Wildman–Crippen LogP) is 2.00. The van der Waals surface area contributed by atoms with Crippen molar-refractivity contribution in [3.8, 4) is 6.07 Å². The van der Waals surface area contributed by atoms with Crippen LogP contribution in [0.4, 0.5) is 5.69 Å². The topological polar surface area (TPSA) is 53.0 Å². The Kier molecular flexibility index (Phi) is 3.33. The van der Waals surface area contributed by atoms with Gasteiger partial charge in [0.1, 0.15) is 6.07 Å². The fourth-order valence-electron chi connectivity index (χ4n) is 2.13. The van der Waals surface area contributed by atoms with E-state index in [1.165, 1.54) is 0 Å². The fourth-order valence-corrected chi connectivity index (χ4v) is 2.34. The number of benzene rings is 1. The molecule has 1 aromatic rings. The summed E-state index contributed by atoms with van der Waals surface area (Å²) in [5.74, 6) is 0.533. The Hall–Kier alpha value is -1.24. The van der Waals surface area contributed by atoms with E-state index in [2.05, 4.69) is 11.0 Å². The first-order valence-electron chi connectivity index (χ1n) is 5.40. The van der Waals surface area contributed by atoms with E-state index in [1.807, 2.05) is 12.1 Å². The van der Waals surface area contributed by atoms with Crippen LogP contribution in [0.2, 0.25) is 5.02 Å². The van der Waals surface area contributed by atoms with Crippen LogP contribution in [0.25, 0.3) is 0 Å². The molecule has 1 aliphatic rings. The van der Waals surface area contributed by atoms with Crippen molar-refractivity contribution < 1.29 is 0 Å². The summed E-state index contributed by atoms with van der Waals surface area (Å²) in [5, 5.41) is 9.62. The predicted molar refractivity (Wildman–Crippen MR) is 65.5 cm³/mol. The Bertz CT molecular complexity index is 425. The minimum absolute atomic E-state index is 0.524. The minimum Gasteiger partial charge on any atom is -0.370 e. The highest BCUT2D eigenvalue weighted by molar-refractivity contribution is 6.32. The van der Waals surface area contributed by atoms with Gasteiger partial charge in [0.2, 0.25) is 0 Å². The molecule has 1 saturated heterocycles. The lowest BCUT2D eigenvalue weighted by molar-refractivity contribution is 0.602. The third kappa shape index (κ3) is 1.99. The number of hydrogen-bond acceptors (Lipinski definition) is 3. The summed E-state index contributed by atoms with van der Waals surface area (Å²) in [6, 6.07) is 7.75. The van der Waals surface area contributed by atoms with Crippen molar-refractivity contribution in [2.75, 3.05) is 24.5 Å². The lowest BCUT2D eigenvalue weighted by Crippen LogP contribution is -2.23. The van der Waals surface area contributed by atoms with Gasteiger partial charge in [-0.1, -0.05) is 17.7 Å². The summed E-state index contributed by atoms with van der Waals surface area (Å²) in [4.78, 5) is 2.20. The van der Waals surface area contributed by atoms with E-state index in [4.69, 9.17) is 22.6 Å². The van der Waals surface area contributed by atoms with Crippen LogP contribution >= 0.6 is 11.6 Å². The van der Waals surface area contributed by atoms with Gasteiger partial charge in [-0.25, -0.2) is 0 Å². The largest absolute Gasteiger partial charge is 0.370 e. The average Bonchev–Trinajstić information content (AvgIpc) is 2.77. The molecule has 0 radical (unpaired) electrons. The molecule has 0 amide bonds. The lowest BCUT2D eigenvalue weighted by atomic mass is 10.1. The van der Waals surface area contributed by atoms with Crippen molar-refractivity contribution in [2.45, 2.75) is 6.42 Å². The Labute approximate surface area is 100 Å². The molecule has 2 rings (SSSR count). The minimum atomic E-state index is 0.524. The second-order valence-corrected chi connectivity index (χ2v) is 4.49. The zero-order valence-electron chi connectivity index (χ0n) is 8.99. The summed E-state index contributed by atoms with van der Waals surface area (Å²) >= 11 is 6.00. The molecular weight excluding hydrogens is 222 g/mol. The first kappa shape index (κ1) is 11.3. The van der Waals surface area contributed by atoms with Crippen LogP contribution in [0.3, 0.4) is 0 Å². The Morgan fingerprint density at radius 3 is 3.00 bits per heavy atom. The Morgan fingerprint density at radius 1 is 1.56 bits per heavy atom. The van der Waals surface area contributed by atoms with Gasteiger partial charge >= 0.3 is 0 Å². The third-order valence-corrected chi connectivity index (χ3v) is 3.38. The van der Waals surface area contributed by atoms with Gasteiger partial charge in [-0.3, -0.25) is 0 Å². The second-order valence-electron chi connectivity index (χ2n) is 4.08. The van der Waals surface area contributed by atoms with Gasteiger partial charge in [-0.05, 0) is 31.0 Å². The van der Waals surface area contributed by atoms with Crippen LogP contribution in [-0.4, -0.2) is 19.6 Å². The highest BCUT2D eigenvalue weighted by Crippen LogP contribution is 2.30. The van der Waals surface area contributed by atoms with E-state index < -0.39 is 0 Å². The van der Waals surface area contributed by atoms with Gasteiger partial charge in [-0.15, -0.1) is 0 Å². The van der Waals surface area contributed by atoms with Crippen molar-refractivity contribution in [1.29, 1.82) is 5.26 Å².